The molecule has 1 aromatic heterocycles. The zero-order valence-electron chi connectivity index (χ0n) is 11.8. The quantitative estimate of drug-likeness (QED) is 0.258. The molecule has 1 unspecified atom stereocenters. The van der Waals surface area contributed by atoms with Gasteiger partial charge in [-0.1, -0.05) is 82.9 Å². The molecule has 1 rings (SSSR count). The van der Waals surface area contributed by atoms with Crippen LogP contribution in [-0.2, 0) is 6.42 Å². The standard InChI is InChI=1S/C16H26Br2S/c17-12-8-6-4-2-1-3-5-7-10-15(18)14-16-11-9-13-19-16/h9,11,13,15H,1-8,10,12,14H2. The van der Waals surface area contributed by atoms with E-state index in [9.17, 15) is 0 Å². The monoisotopic (exact) mass is 408 g/mol. The molecule has 0 aromatic carbocycles. The van der Waals surface area contributed by atoms with E-state index < -0.39 is 0 Å². The van der Waals surface area contributed by atoms with Crippen molar-refractivity contribution >= 4 is 43.2 Å². The molecule has 0 N–H and O–H groups in total. The van der Waals surface area contributed by atoms with Gasteiger partial charge in [0.15, 0.2) is 0 Å². The normalized spacial score (nSPS) is 12.7. The lowest BCUT2D eigenvalue weighted by Crippen LogP contribution is -2.01. The first kappa shape index (κ1) is 17.7. The second kappa shape index (κ2) is 12.4. The van der Waals surface area contributed by atoms with Crippen molar-refractivity contribution in [1.29, 1.82) is 0 Å². The van der Waals surface area contributed by atoms with E-state index in [1.54, 1.807) is 0 Å². The van der Waals surface area contributed by atoms with Gasteiger partial charge in [0, 0.05) is 15.0 Å². The highest BCUT2D eigenvalue weighted by Crippen LogP contribution is 2.20. The van der Waals surface area contributed by atoms with Crippen LogP contribution in [0.3, 0.4) is 0 Å². The molecule has 0 aliphatic carbocycles. The molecular formula is C16H26Br2S. The molecule has 110 valence electrons. The minimum atomic E-state index is 0.671. The van der Waals surface area contributed by atoms with E-state index in [4.69, 9.17) is 0 Å². The van der Waals surface area contributed by atoms with Crippen molar-refractivity contribution in [2.45, 2.75) is 69.0 Å². The van der Waals surface area contributed by atoms with E-state index in [0.717, 1.165) is 0 Å². The van der Waals surface area contributed by atoms with Crippen molar-refractivity contribution < 1.29 is 0 Å². The van der Waals surface area contributed by atoms with Crippen LogP contribution in [0.25, 0.3) is 0 Å². The third kappa shape index (κ3) is 10.1. The van der Waals surface area contributed by atoms with Gasteiger partial charge >= 0.3 is 0 Å². The SMILES string of the molecule is BrCCCCCCCCCCC(Br)Cc1cccs1. The Balaban J connectivity index is 1.85. The number of thiophene rings is 1. The molecule has 0 saturated carbocycles. The summed E-state index contributed by atoms with van der Waals surface area (Å²) in [5.74, 6) is 0. The zero-order chi connectivity index (χ0) is 13.8. The summed E-state index contributed by atoms with van der Waals surface area (Å²) in [5.41, 5.74) is 0. The van der Waals surface area contributed by atoms with E-state index in [2.05, 4.69) is 49.4 Å². The first-order valence-electron chi connectivity index (χ1n) is 7.55. The lowest BCUT2D eigenvalue weighted by Gasteiger charge is -2.08. The predicted molar refractivity (Wildman–Crippen MR) is 96.1 cm³/mol. The van der Waals surface area contributed by atoms with Crippen LogP contribution in [0.15, 0.2) is 17.5 Å². The maximum absolute atomic E-state index is 3.81. The molecule has 0 nitrogen and oxygen atoms in total. The minimum Gasteiger partial charge on any atom is -0.149 e. The molecule has 1 atom stereocenters. The number of rotatable bonds is 12. The Morgan fingerprint density at radius 2 is 1.58 bits per heavy atom. The fourth-order valence-electron chi connectivity index (χ4n) is 2.27. The molecule has 0 aliphatic rings. The fraction of sp³-hybridized carbons (Fsp3) is 0.750. The third-order valence-corrected chi connectivity index (χ3v) is 5.64. The summed E-state index contributed by atoms with van der Waals surface area (Å²) in [7, 11) is 0. The van der Waals surface area contributed by atoms with Gasteiger partial charge in [-0.3, -0.25) is 0 Å². The second-order valence-corrected chi connectivity index (χ2v) is 8.31. The van der Waals surface area contributed by atoms with Crippen molar-refractivity contribution in [3.8, 4) is 0 Å². The van der Waals surface area contributed by atoms with Crippen LogP contribution in [-0.4, -0.2) is 10.2 Å². The second-order valence-electron chi connectivity index (χ2n) is 5.19. The minimum absolute atomic E-state index is 0.671. The number of hydrogen-bond acceptors (Lipinski definition) is 1. The zero-order valence-corrected chi connectivity index (χ0v) is 15.7. The number of unbranched alkanes of at least 4 members (excludes halogenated alkanes) is 7. The molecule has 0 spiro atoms. The largest absolute Gasteiger partial charge is 0.149 e. The predicted octanol–water partition coefficient (Wildman–Crippen LogP) is 6.96. The molecular weight excluding hydrogens is 384 g/mol. The maximum Gasteiger partial charge on any atom is 0.0194 e. The Morgan fingerprint density at radius 1 is 0.947 bits per heavy atom. The smallest absolute Gasteiger partial charge is 0.0194 e. The van der Waals surface area contributed by atoms with Crippen molar-refractivity contribution in [3.63, 3.8) is 0 Å². The van der Waals surface area contributed by atoms with Gasteiger partial charge in [-0.05, 0) is 30.7 Å². The molecule has 0 bridgehead atoms. The average molecular weight is 410 g/mol. The van der Waals surface area contributed by atoms with E-state index in [1.165, 1.54) is 74.4 Å². The summed E-state index contributed by atoms with van der Waals surface area (Å²) < 4.78 is 0. The summed E-state index contributed by atoms with van der Waals surface area (Å²) >= 11 is 9.17. The molecule has 0 radical (unpaired) electrons. The van der Waals surface area contributed by atoms with Crippen molar-refractivity contribution in [1.82, 2.24) is 0 Å². The Hall–Kier alpha value is 0.660. The van der Waals surface area contributed by atoms with Crippen molar-refractivity contribution in [2.24, 2.45) is 0 Å². The summed E-state index contributed by atoms with van der Waals surface area (Å²) in [6.07, 6.45) is 13.8. The van der Waals surface area contributed by atoms with Gasteiger partial charge in [-0.15, -0.1) is 11.3 Å². The molecule has 1 heterocycles. The molecule has 0 fully saturated rings. The Labute approximate surface area is 139 Å². The fourth-order valence-corrected chi connectivity index (χ4v) is 4.34. The van der Waals surface area contributed by atoms with Gasteiger partial charge in [0.2, 0.25) is 0 Å². The Morgan fingerprint density at radius 3 is 2.16 bits per heavy atom. The molecule has 0 aliphatic heterocycles. The maximum atomic E-state index is 3.81. The highest BCUT2D eigenvalue weighted by molar-refractivity contribution is 9.09. The first-order chi connectivity index (χ1) is 9.33. The van der Waals surface area contributed by atoms with Gasteiger partial charge in [-0.25, -0.2) is 0 Å². The highest BCUT2D eigenvalue weighted by Gasteiger charge is 2.05. The van der Waals surface area contributed by atoms with Crippen LogP contribution < -0.4 is 0 Å². The number of hydrogen-bond donors (Lipinski definition) is 0. The van der Waals surface area contributed by atoms with Gasteiger partial charge < -0.3 is 0 Å². The van der Waals surface area contributed by atoms with E-state index in [0.29, 0.717) is 4.83 Å². The van der Waals surface area contributed by atoms with Crippen LogP contribution in [0, 0.1) is 0 Å². The van der Waals surface area contributed by atoms with Crippen molar-refractivity contribution in [3.05, 3.63) is 22.4 Å². The number of halogens is 2. The third-order valence-electron chi connectivity index (χ3n) is 3.40. The molecule has 0 amide bonds. The van der Waals surface area contributed by atoms with Crippen LogP contribution in [0.2, 0.25) is 0 Å². The van der Waals surface area contributed by atoms with Gasteiger partial charge in [-0.2, -0.15) is 0 Å². The highest BCUT2D eigenvalue weighted by atomic mass is 79.9. The first-order valence-corrected chi connectivity index (χ1v) is 10.5. The molecule has 19 heavy (non-hydrogen) atoms. The molecule has 3 heteroatoms. The lowest BCUT2D eigenvalue weighted by atomic mass is 10.1. The van der Waals surface area contributed by atoms with E-state index in [-0.39, 0.29) is 0 Å². The summed E-state index contributed by atoms with van der Waals surface area (Å²) in [6, 6.07) is 4.39. The summed E-state index contributed by atoms with van der Waals surface area (Å²) in [6.45, 7) is 0. The average Bonchev–Trinajstić information content (AvgIpc) is 2.89. The summed E-state index contributed by atoms with van der Waals surface area (Å²) in [5, 5.41) is 3.34. The van der Waals surface area contributed by atoms with E-state index >= 15 is 0 Å². The van der Waals surface area contributed by atoms with Crippen LogP contribution in [0.4, 0.5) is 0 Å². The Kier molecular flexibility index (Phi) is 11.6. The van der Waals surface area contributed by atoms with Gasteiger partial charge in [0.25, 0.3) is 0 Å². The van der Waals surface area contributed by atoms with Crippen molar-refractivity contribution in [2.75, 3.05) is 5.33 Å². The molecule has 1 aromatic rings. The summed E-state index contributed by atoms with van der Waals surface area (Å²) in [4.78, 5) is 2.18. The van der Waals surface area contributed by atoms with Gasteiger partial charge in [0.1, 0.15) is 0 Å². The van der Waals surface area contributed by atoms with Crippen LogP contribution >= 0.6 is 43.2 Å². The van der Waals surface area contributed by atoms with E-state index in [1.807, 2.05) is 11.3 Å². The lowest BCUT2D eigenvalue weighted by molar-refractivity contribution is 0.562. The van der Waals surface area contributed by atoms with Gasteiger partial charge in [0.05, 0.1) is 0 Å². The van der Waals surface area contributed by atoms with Crippen LogP contribution in [0.5, 0.6) is 0 Å². The number of alkyl halides is 2. The van der Waals surface area contributed by atoms with Crippen LogP contribution in [0.1, 0.15) is 62.7 Å². The molecule has 0 saturated heterocycles. The topological polar surface area (TPSA) is 0 Å². The Bertz CT molecular complexity index is 285.